The molecule has 0 bridgehead atoms. The molecule has 4 heteroatoms. The van der Waals surface area contributed by atoms with Crippen molar-refractivity contribution < 1.29 is 8.42 Å². The van der Waals surface area contributed by atoms with Crippen LogP contribution in [0.4, 0.5) is 0 Å². The van der Waals surface area contributed by atoms with Crippen LogP contribution in [0.25, 0.3) is 0 Å². The number of hydrogen-bond donors (Lipinski definition) is 0. The molecule has 0 fully saturated rings. The Balaban J connectivity index is 3.45. The summed E-state index contributed by atoms with van der Waals surface area (Å²) in [7, 11) is -1.84. The normalized spacial score (nSPS) is 13.8. The summed E-state index contributed by atoms with van der Waals surface area (Å²) in [5.41, 5.74) is 1.50. The van der Waals surface area contributed by atoms with Gasteiger partial charge in [0.2, 0.25) is 10.0 Å². The molecule has 1 rings (SSSR count). The van der Waals surface area contributed by atoms with Gasteiger partial charge in [-0.2, -0.15) is 4.31 Å². The van der Waals surface area contributed by atoms with Gasteiger partial charge < -0.3 is 0 Å². The van der Waals surface area contributed by atoms with E-state index in [1.807, 2.05) is 27.7 Å². The highest BCUT2D eigenvalue weighted by Crippen LogP contribution is 2.29. The summed E-state index contributed by atoms with van der Waals surface area (Å²) in [5.74, 6) is 0. The largest absolute Gasteiger partial charge is 0.243 e. The molecule has 3 nitrogen and oxygen atoms in total. The number of aryl methyl sites for hydroxylation is 1. The lowest BCUT2D eigenvalue weighted by atomic mass is 9.86. The first-order valence-corrected chi connectivity index (χ1v) is 8.31. The molecule has 0 radical (unpaired) electrons. The van der Waals surface area contributed by atoms with Gasteiger partial charge in [-0.15, -0.1) is 0 Å². The SMILES string of the molecule is Cc1cc(C(C)(C)C)cc(S(=O)(=O)N(C)C(C)(C)C)c1. The number of nitrogens with zero attached hydrogens (tertiary/aromatic N) is 1. The first-order chi connectivity index (χ1) is 8.76. The van der Waals surface area contributed by atoms with Crippen molar-refractivity contribution in [2.75, 3.05) is 7.05 Å². The fraction of sp³-hybridized carbons (Fsp3) is 0.625. The lowest BCUT2D eigenvalue weighted by Gasteiger charge is -2.31. The van der Waals surface area contributed by atoms with Gasteiger partial charge in [0.25, 0.3) is 0 Å². The smallest absolute Gasteiger partial charge is 0.207 e. The Bertz CT molecular complexity index is 590. The van der Waals surface area contributed by atoms with Crippen LogP contribution >= 0.6 is 0 Å². The summed E-state index contributed by atoms with van der Waals surface area (Å²) in [4.78, 5) is 0.375. The third-order valence-electron chi connectivity index (χ3n) is 3.52. The van der Waals surface area contributed by atoms with Crippen LogP contribution in [0.5, 0.6) is 0 Å². The monoisotopic (exact) mass is 297 g/mol. The quantitative estimate of drug-likeness (QED) is 0.834. The summed E-state index contributed by atoms with van der Waals surface area (Å²) in [6.45, 7) is 13.9. The van der Waals surface area contributed by atoms with Crippen LogP contribution in [-0.4, -0.2) is 25.3 Å². The molecule has 0 spiro atoms. The fourth-order valence-electron chi connectivity index (χ4n) is 1.85. The summed E-state index contributed by atoms with van der Waals surface area (Å²) in [6, 6.07) is 5.59. The second-order valence-electron chi connectivity index (χ2n) is 7.43. The van der Waals surface area contributed by atoms with Crippen LogP contribution < -0.4 is 0 Å². The Kier molecular flexibility index (Phi) is 4.43. The van der Waals surface area contributed by atoms with Gasteiger partial charge in [0.15, 0.2) is 0 Å². The predicted molar refractivity (Wildman–Crippen MR) is 84.6 cm³/mol. The van der Waals surface area contributed by atoms with Crippen molar-refractivity contribution in [1.82, 2.24) is 4.31 Å². The van der Waals surface area contributed by atoms with Crippen molar-refractivity contribution >= 4 is 10.0 Å². The Morgan fingerprint density at radius 3 is 1.85 bits per heavy atom. The van der Waals surface area contributed by atoms with Crippen LogP contribution in [0.3, 0.4) is 0 Å². The Morgan fingerprint density at radius 2 is 1.45 bits per heavy atom. The van der Waals surface area contributed by atoms with E-state index in [1.54, 1.807) is 19.2 Å². The molecule has 0 saturated carbocycles. The summed E-state index contributed by atoms with van der Waals surface area (Å²) >= 11 is 0. The van der Waals surface area contributed by atoms with Gasteiger partial charge >= 0.3 is 0 Å². The van der Waals surface area contributed by atoms with E-state index in [0.717, 1.165) is 11.1 Å². The van der Waals surface area contributed by atoms with Crippen LogP contribution in [0.15, 0.2) is 23.1 Å². The summed E-state index contributed by atoms with van der Waals surface area (Å²) < 4.78 is 26.9. The zero-order valence-corrected chi connectivity index (χ0v) is 14.7. The minimum atomic E-state index is -3.47. The van der Waals surface area contributed by atoms with Gasteiger partial charge in [-0.05, 0) is 56.4 Å². The van der Waals surface area contributed by atoms with Crippen molar-refractivity contribution in [2.24, 2.45) is 0 Å². The maximum Gasteiger partial charge on any atom is 0.243 e. The maximum absolute atomic E-state index is 12.7. The average molecular weight is 297 g/mol. The third-order valence-corrected chi connectivity index (χ3v) is 5.62. The third kappa shape index (κ3) is 3.61. The molecule has 114 valence electrons. The molecule has 0 saturated heterocycles. The number of sulfonamides is 1. The molecule has 0 aromatic heterocycles. The maximum atomic E-state index is 12.7. The van der Waals surface area contributed by atoms with Crippen LogP contribution in [0.1, 0.15) is 52.7 Å². The molecule has 1 aromatic carbocycles. The fourth-order valence-corrected chi connectivity index (χ4v) is 3.50. The highest BCUT2D eigenvalue weighted by Gasteiger charge is 2.31. The van der Waals surface area contributed by atoms with Gasteiger partial charge in [-0.1, -0.05) is 26.8 Å². The van der Waals surface area contributed by atoms with E-state index >= 15 is 0 Å². The molecule has 0 atom stereocenters. The molecular formula is C16H27NO2S. The summed E-state index contributed by atoms with van der Waals surface area (Å²) in [5, 5.41) is 0. The highest BCUT2D eigenvalue weighted by atomic mass is 32.2. The van der Waals surface area contributed by atoms with Gasteiger partial charge in [-0.3, -0.25) is 0 Å². The molecule has 0 amide bonds. The van der Waals surface area contributed by atoms with E-state index in [0.29, 0.717) is 4.90 Å². The lowest BCUT2D eigenvalue weighted by molar-refractivity contribution is 0.291. The predicted octanol–water partition coefficient (Wildman–Crippen LogP) is 3.71. The minimum absolute atomic E-state index is 0.0728. The van der Waals surface area contributed by atoms with E-state index in [-0.39, 0.29) is 5.41 Å². The molecule has 0 heterocycles. The molecule has 0 aliphatic rings. The van der Waals surface area contributed by atoms with Crippen molar-refractivity contribution in [3.05, 3.63) is 29.3 Å². The van der Waals surface area contributed by atoms with Crippen LogP contribution in [0.2, 0.25) is 0 Å². The first kappa shape index (κ1) is 17.2. The van der Waals surface area contributed by atoms with E-state index in [4.69, 9.17) is 0 Å². The van der Waals surface area contributed by atoms with Crippen molar-refractivity contribution in [1.29, 1.82) is 0 Å². The van der Waals surface area contributed by atoms with Crippen molar-refractivity contribution in [3.63, 3.8) is 0 Å². The Morgan fingerprint density at radius 1 is 0.950 bits per heavy atom. The summed E-state index contributed by atoms with van der Waals surface area (Å²) in [6.07, 6.45) is 0. The topological polar surface area (TPSA) is 37.4 Å². The molecule has 1 aromatic rings. The molecular weight excluding hydrogens is 270 g/mol. The Labute approximate surface area is 124 Å². The Hall–Kier alpha value is -0.870. The lowest BCUT2D eigenvalue weighted by Crippen LogP contribution is -2.42. The second-order valence-corrected chi connectivity index (χ2v) is 9.40. The standard InChI is InChI=1S/C16H27NO2S/c1-12-9-13(15(2,3)4)11-14(10-12)20(18,19)17(8)16(5,6)7/h9-11H,1-8H3. The van der Waals surface area contributed by atoms with Crippen LogP contribution in [0, 0.1) is 6.92 Å². The van der Waals surface area contributed by atoms with Crippen molar-refractivity contribution in [2.45, 2.75) is 64.3 Å². The van der Waals surface area contributed by atoms with Crippen molar-refractivity contribution in [3.8, 4) is 0 Å². The molecule has 0 aliphatic carbocycles. The van der Waals surface area contributed by atoms with E-state index in [9.17, 15) is 8.42 Å². The zero-order chi connectivity index (χ0) is 15.9. The zero-order valence-electron chi connectivity index (χ0n) is 13.9. The molecule has 0 unspecified atom stereocenters. The van der Waals surface area contributed by atoms with Gasteiger partial charge in [-0.25, -0.2) is 8.42 Å². The first-order valence-electron chi connectivity index (χ1n) is 6.87. The minimum Gasteiger partial charge on any atom is -0.207 e. The molecule has 20 heavy (non-hydrogen) atoms. The molecule has 0 aliphatic heterocycles. The van der Waals surface area contributed by atoms with E-state index in [1.165, 1.54) is 4.31 Å². The highest BCUT2D eigenvalue weighted by molar-refractivity contribution is 7.89. The van der Waals surface area contributed by atoms with Gasteiger partial charge in [0, 0.05) is 12.6 Å². The average Bonchev–Trinajstić information content (AvgIpc) is 2.24. The second kappa shape index (κ2) is 5.15. The molecule has 0 N–H and O–H groups in total. The van der Waals surface area contributed by atoms with E-state index in [2.05, 4.69) is 26.8 Å². The van der Waals surface area contributed by atoms with Gasteiger partial charge in [0.05, 0.1) is 4.90 Å². The number of hydrogen-bond acceptors (Lipinski definition) is 2. The van der Waals surface area contributed by atoms with Crippen LogP contribution in [-0.2, 0) is 15.4 Å². The van der Waals surface area contributed by atoms with Gasteiger partial charge in [0.1, 0.15) is 0 Å². The van der Waals surface area contributed by atoms with E-state index < -0.39 is 15.6 Å². The number of rotatable bonds is 2. The number of benzene rings is 1.